The van der Waals surface area contributed by atoms with Gasteiger partial charge in [-0.25, -0.2) is 4.79 Å². The van der Waals surface area contributed by atoms with E-state index >= 15 is 0 Å². The normalized spacial score (nSPS) is 36.3. The van der Waals surface area contributed by atoms with E-state index in [0.717, 1.165) is 51.4 Å². The molecule has 37 heavy (non-hydrogen) atoms. The summed E-state index contributed by atoms with van der Waals surface area (Å²) in [7, 11) is 0. The van der Waals surface area contributed by atoms with Gasteiger partial charge in [0.1, 0.15) is 6.10 Å². The Labute approximate surface area is 219 Å². The van der Waals surface area contributed by atoms with E-state index in [2.05, 4.69) is 26.1 Å². The van der Waals surface area contributed by atoms with Gasteiger partial charge in [-0.3, -0.25) is 9.59 Å². The number of ether oxygens (including phenoxy) is 2. The quantitative estimate of drug-likeness (QED) is 0.493. The minimum absolute atomic E-state index is 0.143. The van der Waals surface area contributed by atoms with Crippen LogP contribution in [-0.4, -0.2) is 41.3 Å². The average Bonchev–Trinajstić information content (AvgIpc) is 2.81. The summed E-state index contributed by atoms with van der Waals surface area (Å²) in [6.07, 6.45) is 7.39. The summed E-state index contributed by atoms with van der Waals surface area (Å²) in [5.74, 6) is 0.637. The average molecular weight is 512 g/mol. The Morgan fingerprint density at radius 3 is 2.43 bits per heavy atom. The van der Waals surface area contributed by atoms with Crippen molar-refractivity contribution in [3.05, 3.63) is 29.8 Å². The van der Waals surface area contributed by atoms with Gasteiger partial charge in [-0.2, -0.15) is 0 Å². The molecule has 0 saturated heterocycles. The van der Waals surface area contributed by atoms with Crippen molar-refractivity contribution < 1.29 is 29.0 Å². The van der Waals surface area contributed by atoms with Crippen LogP contribution in [0.3, 0.4) is 0 Å². The van der Waals surface area contributed by atoms with Crippen molar-refractivity contribution in [2.45, 2.75) is 90.3 Å². The van der Waals surface area contributed by atoms with Gasteiger partial charge >= 0.3 is 11.9 Å². The number of nitrogens with one attached hydrogen (secondary N) is 1. The van der Waals surface area contributed by atoms with E-state index in [1.54, 1.807) is 24.3 Å². The molecule has 7 nitrogen and oxygen atoms in total. The first-order valence-electron chi connectivity index (χ1n) is 14.1. The van der Waals surface area contributed by atoms with Gasteiger partial charge in [-0.1, -0.05) is 39.3 Å². The summed E-state index contributed by atoms with van der Waals surface area (Å²) in [5.41, 5.74) is -0.797. The molecule has 6 rings (SSSR count). The van der Waals surface area contributed by atoms with Gasteiger partial charge in [0.05, 0.1) is 22.3 Å². The Kier molecular flexibility index (Phi) is 7.12. The molecule has 5 atom stereocenters. The fourth-order valence-electron chi connectivity index (χ4n) is 8.14. The van der Waals surface area contributed by atoms with Crippen LogP contribution in [0, 0.1) is 35.0 Å². The lowest BCUT2D eigenvalue weighted by Crippen LogP contribution is -2.58. The van der Waals surface area contributed by atoms with E-state index in [1.165, 1.54) is 0 Å². The van der Waals surface area contributed by atoms with Gasteiger partial charge in [0.25, 0.3) is 5.91 Å². The Balaban J connectivity index is 1.20. The summed E-state index contributed by atoms with van der Waals surface area (Å²) in [5, 5.41) is 13.7. The Hall–Kier alpha value is -2.41. The van der Waals surface area contributed by atoms with Gasteiger partial charge in [0.2, 0.25) is 0 Å². The van der Waals surface area contributed by atoms with Crippen molar-refractivity contribution in [3.8, 4) is 0 Å². The number of para-hydroxylation sites is 1. The number of hydrogen-bond acceptors (Lipinski definition) is 6. The zero-order valence-corrected chi connectivity index (χ0v) is 22.3. The predicted molar refractivity (Wildman–Crippen MR) is 139 cm³/mol. The van der Waals surface area contributed by atoms with Gasteiger partial charge in [0, 0.05) is 0 Å². The van der Waals surface area contributed by atoms with Crippen molar-refractivity contribution in [2.75, 3.05) is 11.9 Å². The van der Waals surface area contributed by atoms with Crippen LogP contribution >= 0.6 is 0 Å². The van der Waals surface area contributed by atoms with Crippen LogP contribution in [0.1, 0.15) is 88.9 Å². The molecule has 1 aromatic carbocycles. The summed E-state index contributed by atoms with van der Waals surface area (Å²) < 4.78 is 11.5. The number of aliphatic hydroxyl groups is 1. The fraction of sp³-hybridized carbons (Fsp3) is 0.700. The molecule has 1 amide bonds. The topological polar surface area (TPSA) is 102 Å². The lowest BCUT2D eigenvalue weighted by atomic mass is 9.48. The molecule has 4 bridgehead atoms. The zero-order valence-electron chi connectivity index (χ0n) is 22.3. The van der Waals surface area contributed by atoms with Crippen LogP contribution in [0.5, 0.6) is 0 Å². The molecule has 0 aromatic heterocycles. The second-order valence-electron chi connectivity index (χ2n) is 12.9. The first kappa shape index (κ1) is 26.2. The van der Waals surface area contributed by atoms with Crippen molar-refractivity contribution in [1.29, 1.82) is 0 Å². The highest BCUT2D eigenvalue weighted by Crippen LogP contribution is 2.62. The molecule has 5 saturated carbocycles. The molecule has 0 spiro atoms. The third-order valence-corrected chi connectivity index (χ3v) is 9.44. The summed E-state index contributed by atoms with van der Waals surface area (Å²) in [4.78, 5) is 39.0. The SMILES string of the molecule is CC(C)[C@H]1CC[C@@H](C)C[C@H]1OC(=O)c1ccccc1NC(=O)COC(=O)C12C[C@@H]3C[C@H](CC(O)(C3)C1)C2. The Morgan fingerprint density at radius 2 is 1.76 bits per heavy atom. The van der Waals surface area contributed by atoms with Gasteiger partial charge in [0.15, 0.2) is 6.61 Å². The molecule has 5 fully saturated rings. The number of anilines is 1. The van der Waals surface area contributed by atoms with Crippen LogP contribution in [0.4, 0.5) is 5.69 Å². The Bertz CT molecular complexity index is 1040. The molecule has 0 aliphatic heterocycles. The molecule has 5 aliphatic rings. The molecule has 2 N–H and O–H groups in total. The maximum absolute atomic E-state index is 13.2. The predicted octanol–water partition coefficient (Wildman–Crippen LogP) is 5.12. The van der Waals surface area contributed by atoms with Crippen molar-refractivity contribution >= 4 is 23.5 Å². The van der Waals surface area contributed by atoms with Crippen molar-refractivity contribution in [1.82, 2.24) is 0 Å². The number of amides is 1. The molecular weight excluding hydrogens is 470 g/mol. The third-order valence-electron chi connectivity index (χ3n) is 9.44. The van der Waals surface area contributed by atoms with Crippen molar-refractivity contribution in [2.24, 2.45) is 35.0 Å². The molecule has 0 radical (unpaired) electrons. The standard InChI is InChI=1S/C30H41NO6/c1-18(2)22-9-8-19(3)10-25(22)37-27(33)23-6-4-5-7-24(23)31-26(32)16-36-28(34)29-12-20-11-21(13-29)15-30(35,14-20)17-29/h4-7,18-22,25,35H,8-17H2,1-3H3,(H,31,32)/t19-,20+,21+,22-,25-,29?,30?/m1/s1. The molecule has 5 aliphatic carbocycles. The van der Waals surface area contributed by atoms with E-state index in [-0.39, 0.29) is 12.1 Å². The molecule has 202 valence electrons. The van der Waals surface area contributed by atoms with E-state index in [9.17, 15) is 19.5 Å². The van der Waals surface area contributed by atoms with E-state index in [0.29, 0.717) is 47.3 Å². The number of rotatable bonds is 7. The lowest BCUT2D eigenvalue weighted by Gasteiger charge is -2.58. The van der Waals surface area contributed by atoms with E-state index < -0.39 is 29.5 Å². The van der Waals surface area contributed by atoms with Crippen LogP contribution in [-0.2, 0) is 19.1 Å². The van der Waals surface area contributed by atoms with Crippen LogP contribution in [0.25, 0.3) is 0 Å². The Morgan fingerprint density at radius 1 is 1.05 bits per heavy atom. The molecule has 7 heteroatoms. The fourth-order valence-corrected chi connectivity index (χ4v) is 8.14. The molecule has 0 heterocycles. The highest BCUT2D eigenvalue weighted by Gasteiger charge is 2.61. The number of carbonyl (C=O) groups is 3. The van der Waals surface area contributed by atoms with E-state index in [1.807, 2.05) is 0 Å². The maximum Gasteiger partial charge on any atom is 0.340 e. The minimum atomic E-state index is -0.768. The smallest absolute Gasteiger partial charge is 0.340 e. The molecule has 0 unspecified atom stereocenters. The van der Waals surface area contributed by atoms with Gasteiger partial charge < -0.3 is 19.9 Å². The van der Waals surface area contributed by atoms with Crippen molar-refractivity contribution in [3.63, 3.8) is 0 Å². The monoisotopic (exact) mass is 511 g/mol. The number of hydrogen-bond donors (Lipinski definition) is 2. The van der Waals surface area contributed by atoms with E-state index in [4.69, 9.17) is 9.47 Å². The van der Waals surface area contributed by atoms with Crippen LogP contribution in [0.2, 0.25) is 0 Å². The first-order valence-corrected chi connectivity index (χ1v) is 14.1. The molecule has 1 aromatic rings. The maximum atomic E-state index is 13.2. The highest BCUT2D eigenvalue weighted by molar-refractivity contribution is 6.02. The third kappa shape index (κ3) is 5.43. The second-order valence-corrected chi connectivity index (χ2v) is 12.9. The number of carbonyl (C=O) groups excluding carboxylic acids is 3. The van der Waals surface area contributed by atoms with Crippen LogP contribution < -0.4 is 5.32 Å². The highest BCUT2D eigenvalue weighted by atomic mass is 16.5. The summed E-state index contributed by atoms with van der Waals surface area (Å²) in [6.45, 7) is 6.10. The zero-order chi connectivity index (χ0) is 26.4. The first-order chi connectivity index (χ1) is 17.6. The second kappa shape index (κ2) is 10.0. The summed E-state index contributed by atoms with van der Waals surface area (Å²) >= 11 is 0. The largest absolute Gasteiger partial charge is 0.458 e. The van der Waals surface area contributed by atoms with Gasteiger partial charge in [-0.15, -0.1) is 0 Å². The minimum Gasteiger partial charge on any atom is -0.458 e. The summed E-state index contributed by atoms with van der Waals surface area (Å²) in [6, 6.07) is 6.80. The number of esters is 2. The van der Waals surface area contributed by atoms with Crippen LogP contribution in [0.15, 0.2) is 24.3 Å². The molecular formula is C30H41NO6. The number of benzene rings is 1. The van der Waals surface area contributed by atoms with Gasteiger partial charge in [-0.05, 0) is 93.1 Å². The lowest BCUT2D eigenvalue weighted by molar-refractivity contribution is -0.196.